The minimum Gasteiger partial charge on any atom is -0.491 e. The standard InChI is InChI=1S/C22H23ClN4O4S/c1-30-12-4-11-26-20(29)18-5-2-3-6-19(18)27-21(26)24-25-22(27)32-14-16(28)13-31-17-9-7-15(23)8-10-17/h2-3,5-10,16,28H,4,11-14H2,1H3. The summed E-state index contributed by atoms with van der Waals surface area (Å²) < 4.78 is 14.2. The van der Waals surface area contributed by atoms with Gasteiger partial charge < -0.3 is 14.6 Å². The van der Waals surface area contributed by atoms with E-state index in [2.05, 4.69) is 10.2 Å². The van der Waals surface area contributed by atoms with E-state index in [-0.39, 0.29) is 12.2 Å². The highest BCUT2D eigenvalue weighted by molar-refractivity contribution is 7.99. The molecule has 0 aliphatic rings. The number of thioether (sulfide) groups is 1. The van der Waals surface area contributed by atoms with Crippen LogP contribution in [0.4, 0.5) is 0 Å². The average Bonchev–Trinajstić information content (AvgIpc) is 3.23. The molecule has 168 valence electrons. The molecule has 0 fully saturated rings. The van der Waals surface area contributed by atoms with Gasteiger partial charge in [0.05, 0.1) is 17.0 Å². The molecule has 0 saturated heterocycles. The van der Waals surface area contributed by atoms with Crippen molar-refractivity contribution < 1.29 is 14.6 Å². The molecule has 0 bridgehead atoms. The Balaban J connectivity index is 1.55. The molecule has 0 aliphatic heterocycles. The fourth-order valence-corrected chi connectivity index (χ4v) is 4.31. The summed E-state index contributed by atoms with van der Waals surface area (Å²) in [5.41, 5.74) is 0.624. The Hall–Kier alpha value is -2.59. The lowest BCUT2D eigenvalue weighted by Gasteiger charge is -2.13. The lowest BCUT2D eigenvalue weighted by atomic mass is 10.2. The second-order valence-electron chi connectivity index (χ2n) is 7.17. The van der Waals surface area contributed by atoms with Gasteiger partial charge >= 0.3 is 0 Å². The van der Waals surface area contributed by atoms with Crippen LogP contribution in [0.15, 0.2) is 58.5 Å². The molecule has 10 heteroatoms. The number of aromatic nitrogens is 4. The first kappa shape index (κ1) is 22.6. The van der Waals surface area contributed by atoms with E-state index in [0.717, 1.165) is 5.52 Å². The monoisotopic (exact) mass is 474 g/mol. The highest BCUT2D eigenvalue weighted by atomic mass is 35.5. The van der Waals surface area contributed by atoms with Gasteiger partial charge in [-0.15, -0.1) is 10.2 Å². The summed E-state index contributed by atoms with van der Waals surface area (Å²) in [5, 5.41) is 20.8. The maximum Gasteiger partial charge on any atom is 0.262 e. The molecule has 32 heavy (non-hydrogen) atoms. The first-order valence-electron chi connectivity index (χ1n) is 10.1. The maximum absolute atomic E-state index is 13.0. The molecule has 0 saturated carbocycles. The summed E-state index contributed by atoms with van der Waals surface area (Å²) in [6, 6.07) is 14.4. The number of benzene rings is 2. The van der Waals surface area contributed by atoms with Gasteiger partial charge in [-0.05, 0) is 42.8 Å². The van der Waals surface area contributed by atoms with Gasteiger partial charge in [-0.3, -0.25) is 13.8 Å². The molecule has 2 heterocycles. The topological polar surface area (TPSA) is 90.9 Å². The Morgan fingerprint density at radius 1 is 1.16 bits per heavy atom. The number of halogens is 1. The van der Waals surface area contributed by atoms with Crippen molar-refractivity contribution >= 4 is 40.0 Å². The molecule has 0 amide bonds. The lowest BCUT2D eigenvalue weighted by molar-refractivity contribution is 0.126. The van der Waals surface area contributed by atoms with E-state index in [1.54, 1.807) is 42.0 Å². The fraction of sp³-hybridized carbons (Fsp3) is 0.318. The van der Waals surface area contributed by atoms with Gasteiger partial charge in [0.2, 0.25) is 5.78 Å². The molecule has 0 aliphatic carbocycles. The zero-order valence-electron chi connectivity index (χ0n) is 17.5. The molecule has 4 aromatic rings. The van der Waals surface area contributed by atoms with Gasteiger partial charge in [0.15, 0.2) is 5.16 Å². The van der Waals surface area contributed by atoms with Crippen LogP contribution in [-0.2, 0) is 11.3 Å². The Morgan fingerprint density at radius 3 is 2.72 bits per heavy atom. The number of aryl methyl sites for hydroxylation is 1. The van der Waals surface area contributed by atoms with E-state index in [9.17, 15) is 9.90 Å². The Kier molecular flexibility index (Phi) is 7.31. The molecule has 0 spiro atoms. The second kappa shape index (κ2) is 10.4. The van der Waals surface area contributed by atoms with Crippen LogP contribution >= 0.6 is 23.4 Å². The van der Waals surface area contributed by atoms with Gasteiger partial charge in [0, 0.05) is 31.0 Å². The molecule has 4 rings (SSSR count). The maximum atomic E-state index is 13.0. The normalized spacial score (nSPS) is 12.5. The van der Waals surface area contributed by atoms with Crippen LogP contribution in [0.3, 0.4) is 0 Å². The van der Waals surface area contributed by atoms with Crippen molar-refractivity contribution in [3.63, 3.8) is 0 Å². The van der Waals surface area contributed by atoms with Crippen molar-refractivity contribution in [3.05, 3.63) is 63.9 Å². The first-order valence-corrected chi connectivity index (χ1v) is 11.5. The quantitative estimate of drug-likeness (QED) is 0.278. The van der Waals surface area contributed by atoms with Crippen LogP contribution in [0.5, 0.6) is 5.75 Å². The van der Waals surface area contributed by atoms with Crippen molar-refractivity contribution in [1.29, 1.82) is 0 Å². The number of rotatable bonds is 10. The number of hydrogen-bond acceptors (Lipinski definition) is 7. The van der Waals surface area contributed by atoms with E-state index in [0.29, 0.717) is 52.4 Å². The summed E-state index contributed by atoms with van der Waals surface area (Å²) >= 11 is 7.23. The van der Waals surface area contributed by atoms with E-state index in [4.69, 9.17) is 21.1 Å². The Morgan fingerprint density at radius 2 is 1.94 bits per heavy atom. The summed E-state index contributed by atoms with van der Waals surface area (Å²) in [5.74, 6) is 1.46. The number of para-hydroxylation sites is 1. The number of ether oxygens (including phenoxy) is 2. The Labute approximate surface area is 193 Å². The average molecular weight is 475 g/mol. The zero-order chi connectivity index (χ0) is 22.5. The molecule has 1 N–H and O–H groups in total. The number of methoxy groups -OCH3 is 1. The number of hydrogen-bond donors (Lipinski definition) is 1. The van der Waals surface area contributed by atoms with E-state index >= 15 is 0 Å². The molecule has 0 radical (unpaired) electrons. The first-order chi connectivity index (χ1) is 15.6. The van der Waals surface area contributed by atoms with Crippen LogP contribution in [0.25, 0.3) is 16.7 Å². The van der Waals surface area contributed by atoms with Crippen molar-refractivity contribution in [3.8, 4) is 5.75 Å². The van der Waals surface area contributed by atoms with Gasteiger partial charge in [0.1, 0.15) is 12.4 Å². The van der Waals surface area contributed by atoms with Crippen molar-refractivity contribution in [1.82, 2.24) is 19.2 Å². The van der Waals surface area contributed by atoms with Crippen molar-refractivity contribution in [2.75, 3.05) is 26.1 Å². The van der Waals surface area contributed by atoms with Crippen molar-refractivity contribution in [2.24, 2.45) is 0 Å². The summed E-state index contributed by atoms with van der Waals surface area (Å²) in [4.78, 5) is 13.0. The highest BCUT2D eigenvalue weighted by Crippen LogP contribution is 2.23. The molecular formula is C22H23ClN4O4S. The van der Waals surface area contributed by atoms with Crippen LogP contribution in [0, 0.1) is 0 Å². The zero-order valence-corrected chi connectivity index (χ0v) is 19.1. The number of fused-ring (bicyclic) bond motifs is 3. The highest BCUT2D eigenvalue weighted by Gasteiger charge is 2.18. The third-order valence-electron chi connectivity index (χ3n) is 4.87. The van der Waals surface area contributed by atoms with Gasteiger partial charge in [0.25, 0.3) is 5.56 Å². The SMILES string of the molecule is COCCCn1c(=O)c2ccccc2n2c(SCC(O)COc3ccc(Cl)cc3)nnc12. The third-order valence-corrected chi connectivity index (χ3v) is 6.20. The number of aliphatic hydroxyl groups excluding tert-OH is 1. The summed E-state index contributed by atoms with van der Waals surface area (Å²) in [7, 11) is 1.63. The minimum absolute atomic E-state index is 0.107. The molecule has 1 unspecified atom stereocenters. The predicted molar refractivity (Wildman–Crippen MR) is 125 cm³/mol. The summed E-state index contributed by atoms with van der Waals surface area (Å²) in [6.45, 7) is 1.15. The van der Waals surface area contributed by atoms with Crippen LogP contribution in [-0.4, -0.2) is 56.5 Å². The van der Waals surface area contributed by atoms with Gasteiger partial charge in [-0.25, -0.2) is 0 Å². The predicted octanol–water partition coefficient (Wildman–Crippen LogP) is 3.27. The van der Waals surface area contributed by atoms with Crippen LogP contribution < -0.4 is 10.3 Å². The smallest absolute Gasteiger partial charge is 0.262 e. The molecule has 2 aromatic heterocycles. The van der Waals surface area contributed by atoms with Crippen LogP contribution in [0.2, 0.25) is 5.02 Å². The van der Waals surface area contributed by atoms with Gasteiger partial charge in [-0.1, -0.05) is 35.5 Å². The van der Waals surface area contributed by atoms with Gasteiger partial charge in [-0.2, -0.15) is 0 Å². The van der Waals surface area contributed by atoms with E-state index in [1.165, 1.54) is 11.8 Å². The van der Waals surface area contributed by atoms with Crippen LogP contribution in [0.1, 0.15) is 6.42 Å². The molecule has 1 atom stereocenters. The summed E-state index contributed by atoms with van der Waals surface area (Å²) in [6.07, 6.45) is -0.0394. The molecule has 8 nitrogen and oxygen atoms in total. The minimum atomic E-state index is -0.720. The number of aliphatic hydroxyl groups is 1. The third kappa shape index (κ3) is 4.91. The van der Waals surface area contributed by atoms with Crippen molar-refractivity contribution in [2.45, 2.75) is 24.2 Å². The Bertz CT molecular complexity index is 1260. The number of nitrogens with zero attached hydrogens (tertiary/aromatic N) is 4. The van der Waals surface area contributed by atoms with E-state index in [1.807, 2.05) is 22.6 Å². The molecule has 2 aromatic carbocycles. The lowest BCUT2D eigenvalue weighted by Crippen LogP contribution is -2.24. The fourth-order valence-electron chi connectivity index (χ4n) is 3.34. The van der Waals surface area contributed by atoms with E-state index < -0.39 is 6.10 Å². The second-order valence-corrected chi connectivity index (χ2v) is 8.59. The molecular weight excluding hydrogens is 452 g/mol. The largest absolute Gasteiger partial charge is 0.491 e.